The van der Waals surface area contributed by atoms with Crippen molar-refractivity contribution in [3.8, 4) is 11.5 Å². The maximum atomic E-state index is 12.1. The van der Waals surface area contributed by atoms with Crippen LogP contribution >= 0.6 is 0 Å². The number of phenolic OH excluding ortho intramolecular Hbond substituents is 2. The molecule has 12 heavy (non-hydrogen) atoms. The molecule has 0 aliphatic carbocycles. The number of phenols is 2. The molecule has 1 atom stereocenters. The van der Waals surface area contributed by atoms with Crippen LogP contribution < -0.4 is 5.73 Å². The Morgan fingerprint density at radius 2 is 2.08 bits per heavy atom. The number of nitrogens with two attached hydrogens (primary N) is 1. The Balaban J connectivity index is 3.07. The van der Waals surface area contributed by atoms with Gasteiger partial charge in [-0.2, -0.15) is 0 Å². The molecule has 66 valence electrons. The van der Waals surface area contributed by atoms with E-state index in [4.69, 9.17) is 10.8 Å². The van der Waals surface area contributed by atoms with Crippen molar-refractivity contribution in [1.29, 1.82) is 0 Å². The standard InChI is InChI=1S/C8H10FNO2/c9-4-6(10)5-2-1-3-7(11)8(5)12/h1-3,6,11-12H,4,10H2/t6-/m0/s1. The SMILES string of the molecule is N[C@@H](CF)c1cccc(O)c1O. The van der Waals surface area contributed by atoms with Crippen LogP contribution in [0.25, 0.3) is 0 Å². The van der Waals surface area contributed by atoms with Gasteiger partial charge in [0.2, 0.25) is 0 Å². The van der Waals surface area contributed by atoms with Gasteiger partial charge in [-0.3, -0.25) is 0 Å². The smallest absolute Gasteiger partial charge is 0.162 e. The van der Waals surface area contributed by atoms with Gasteiger partial charge in [-0.15, -0.1) is 0 Å². The van der Waals surface area contributed by atoms with E-state index >= 15 is 0 Å². The Kier molecular flexibility index (Phi) is 2.50. The van der Waals surface area contributed by atoms with Crippen molar-refractivity contribution >= 4 is 0 Å². The van der Waals surface area contributed by atoms with E-state index in [0.29, 0.717) is 0 Å². The fourth-order valence-corrected chi connectivity index (χ4v) is 0.931. The van der Waals surface area contributed by atoms with E-state index in [1.54, 1.807) is 0 Å². The van der Waals surface area contributed by atoms with Gasteiger partial charge in [-0.05, 0) is 6.07 Å². The summed E-state index contributed by atoms with van der Waals surface area (Å²) in [6.07, 6.45) is 0. The Morgan fingerprint density at radius 1 is 1.42 bits per heavy atom. The molecule has 4 N–H and O–H groups in total. The van der Waals surface area contributed by atoms with E-state index in [2.05, 4.69) is 0 Å². The molecule has 4 heteroatoms. The van der Waals surface area contributed by atoms with Gasteiger partial charge in [-0.25, -0.2) is 4.39 Å². The van der Waals surface area contributed by atoms with Gasteiger partial charge in [-0.1, -0.05) is 12.1 Å². The van der Waals surface area contributed by atoms with Crippen molar-refractivity contribution in [2.45, 2.75) is 6.04 Å². The predicted octanol–water partition coefficient (Wildman–Crippen LogP) is 1.07. The van der Waals surface area contributed by atoms with Crippen molar-refractivity contribution in [2.75, 3.05) is 6.67 Å². The molecule has 0 aromatic heterocycles. The fourth-order valence-electron chi connectivity index (χ4n) is 0.931. The van der Waals surface area contributed by atoms with Crippen molar-refractivity contribution in [2.24, 2.45) is 5.73 Å². The van der Waals surface area contributed by atoms with Gasteiger partial charge in [0.25, 0.3) is 0 Å². The molecule has 1 rings (SSSR count). The Hall–Kier alpha value is -1.29. The van der Waals surface area contributed by atoms with Gasteiger partial charge in [0.15, 0.2) is 11.5 Å². The number of benzene rings is 1. The van der Waals surface area contributed by atoms with Crippen LogP contribution in [0.4, 0.5) is 4.39 Å². The molecule has 0 heterocycles. The average Bonchev–Trinajstić information content (AvgIpc) is 2.08. The van der Waals surface area contributed by atoms with Crippen LogP contribution in [-0.2, 0) is 0 Å². The number of halogens is 1. The lowest BCUT2D eigenvalue weighted by atomic mass is 10.1. The molecule has 0 radical (unpaired) electrons. The highest BCUT2D eigenvalue weighted by Gasteiger charge is 2.12. The first-order valence-corrected chi connectivity index (χ1v) is 3.49. The monoisotopic (exact) mass is 171 g/mol. The lowest BCUT2D eigenvalue weighted by Crippen LogP contribution is -2.12. The summed E-state index contributed by atoms with van der Waals surface area (Å²) in [4.78, 5) is 0. The number of hydrogen-bond acceptors (Lipinski definition) is 3. The molecule has 0 aliphatic rings. The summed E-state index contributed by atoms with van der Waals surface area (Å²) < 4.78 is 12.1. The molecule has 0 spiro atoms. The van der Waals surface area contributed by atoms with Crippen LogP contribution in [0.1, 0.15) is 11.6 Å². The highest BCUT2D eigenvalue weighted by atomic mass is 19.1. The normalized spacial score (nSPS) is 12.8. The molecule has 0 saturated carbocycles. The maximum absolute atomic E-state index is 12.1. The van der Waals surface area contributed by atoms with Gasteiger partial charge in [0.05, 0.1) is 6.04 Å². The second-order valence-electron chi connectivity index (χ2n) is 2.48. The third-order valence-corrected chi connectivity index (χ3v) is 1.61. The second-order valence-corrected chi connectivity index (χ2v) is 2.48. The summed E-state index contributed by atoms with van der Waals surface area (Å²) in [5.41, 5.74) is 5.54. The molecule has 1 aromatic carbocycles. The summed E-state index contributed by atoms with van der Waals surface area (Å²) >= 11 is 0. The maximum Gasteiger partial charge on any atom is 0.162 e. The van der Waals surface area contributed by atoms with Crippen LogP contribution in [0.2, 0.25) is 0 Å². The Labute approximate surface area is 69.3 Å². The second kappa shape index (κ2) is 3.40. The van der Waals surface area contributed by atoms with Crippen LogP contribution in [0.3, 0.4) is 0 Å². The summed E-state index contributed by atoms with van der Waals surface area (Å²) in [5, 5.41) is 18.2. The van der Waals surface area contributed by atoms with E-state index in [1.807, 2.05) is 0 Å². The van der Waals surface area contributed by atoms with Crippen molar-refractivity contribution in [3.63, 3.8) is 0 Å². The van der Waals surface area contributed by atoms with Crippen LogP contribution in [-0.4, -0.2) is 16.9 Å². The highest BCUT2D eigenvalue weighted by Crippen LogP contribution is 2.31. The molecular weight excluding hydrogens is 161 g/mol. The third-order valence-electron chi connectivity index (χ3n) is 1.61. The summed E-state index contributed by atoms with van der Waals surface area (Å²) in [6, 6.07) is 3.40. The quantitative estimate of drug-likeness (QED) is 0.583. The summed E-state index contributed by atoms with van der Waals surface area (Å²) in [7, 11) is 0. The first-order valence-electron chi connectivity index (χ1n) is 3.49. The highest BCUT2D eigenvalue weighted by molar-refractivity contribution is 5.45. The van der Waals surface area contributed by atoms with Gasteiger partial charge >= 0.3 is 0 Å². The van der Waals surface area contributed by atoms with Gasteiger partial charge < -0.3 is 15.9 Å². The molecule has 1 aromatic rings. The Morgan fingerprint density at radius 3 is 2.67 bits per heavy atom. The topological polar surface area (TPSA) is 66.5 Å². The summed E-state index contributed by atoms with van der Waals surface area (Å²) in [5.74, 6) is -0.626. The van der Waals surface area contributed by atoms with Crippen LogP contribution in [0, 0.1) is 0 Å². The zero-order valence-corrected chi connectivity index (χ0v) is 6.37. The number of hydrogen-bond donors (Lipinski definition) is 3. The zero-order chi connectivity index (χ0) is 9.14. The molecule has 0 aliphatic heterocycles. The molecule has 0 bridgehead atoms. The number of alkyl halides is 1. The summed E-state index contributed by atoms with van der Waals surface area (Å²) in [6.45, 7) is -0.767. The molecule has 3 nitrogen and oxygen atoms in total. The minimum atomic E-state index is -0.878. The van der Waals surface area contributed by atoms with Gasteiger partial charge in [0, 0.05) is 5.56 Å². The predicted molar refractivity (Wildman–Crippen MR) is 42.7 cm³/mol. The van der Waals surface area contributed by atoms with Crippen LogP contribution in [0.15, 0.2) is 18.2 Å². The van der Waals surface area contributed by atoms with E-state index in [0.717, 1.165) is 0 Å². The van der Waals surface area contributed by atoms with Crippen molar-refractivity contribution < 1.29 is 14.6 Å². The number of aromatic hydroxyl groups is 2. The van der Waals surface area contributed by atoms with E-state index in [-0.39, 0.29) is 17.1 Å². The largest absolute Gasteiger partial charge is 0.504 e. The molecule has 0 unspecified atom stereocenters. The minimum absolute atomic E-state index is 0.220. The molecular formula is C8H10FNO2. The Bertz CT molecular complexity index is 278. The average molecular weight is 171 g/mol. The van der Waals surface area contributed by atoms with E-state index in [9.17, 15) is 9.50 Å². The molecule has 0 saturated heterocycles. The van der Waals surface area contributed by atoms with Crippen LogP contribution in [0.5, 0.6) is 11.5 Å². The first-order chi connectivity index (χ1) is 5.66. The zero-order valence-electron chi connectivity index (χ0n) is 6.37. The van der Waals surface area contributed by atoms with E-state index < -0.39 is 12.7 Å². The molecule has 0 fully saturated rings. The first kappa shape index (κ1) is 8.80. The molecule has 0 amide bonds. The van der Waals surface area contributed by atoms with Gasteiger partial charge in [0.1, 0.15) is 6.67 Å². The lowest BCUT2D eigenvalue weighted by Gasteiger charge is -2.09. The number of para-hydroxylation sites is 1. The minimum Gasteiger partial charge on any atom is -0.504 e. The fraction of sp³-hybridized carbons (Fsp3) is 0.250. The van der Waals surface area contributed by atoms with Crippen molar-refractivity contribution in [1.82, 2.24) is 0 Å². The number of rotatable bonds is 2. The van der Waals surface area contributed by atoms with Crippen molar-refractivity contribution in [3.05, 3.63) is 23.8 Å². The third kappa shape index (κ3) is 1.48. The lowest BCUT2D eigenvalue weighted by molar-refractivity contribution is 0.383. The van der Waals surface area contributed by atoms with E-state index in [1.165, 1.54) is 18.2 Å².